The molecule has 0 fully saturated rings. The number of nitrogens with one attached hydrogen (secondary N) is 3. The number of hydrogen-bond acceptors (Lipinski definition) is 6. The average molecular weight is 419 g/mol. The van der Waals surface area contributed by atoms with Crippen LogP contribution < -0.4 is 15.4 Å². The highest BCUT2D eigenvalue weighted by Gasteiger charge is 2.15. The van der Waals surface area contributed by atoms with Crippen molar-refractivity contribution in [1.29, 1.82) is 0 Å². The molecule has 9 nitrogen and oxygen atoms in total. The molecule has 0 spiro atoms. The van der Waals surface area contributed by atoms with Gasteiger partial charge < -0.3 is 10.1 Å². The lowest BCUT2D eigenvalue weighted by Gasteiger charge is -2.08. The molecule has 0 atom stereocenters. The Balaban J connectivity index is 1.79. The van der Waals surface area contributed by atoms with Gasteiger partial charge in [0.25, 0.3) is 5.91 Å². The minimum absolute atomic E-state index is 0.00345. The summed E-state index contributed by atoms with van der Waals surface area (Å²) in [5.41, 5.74) is 0.933. The second-order valence-electron chi connectivity index (χ2n) is 5.82. The minimum atomic E-state index is -3.63. The Morgan fingerprint density at radius 3 is 2.24 bits per heavy atom. The van der Waals surface area contributed by atoms with E-state index < -0.39 is 34.5 Å². The van der Waals surface area contributed by atoms with E-state index in [0.717, 1.165) is 5.56 Å². The van der Waals surface area contributed by atoms with Crippen molar-refractivity contribution < 1.29 is 27.5 Å². The van der Waals surface area contributed by atoms with Gasteiger partial charge in [0.05, 0.1) is 10.5 Å². The van der Waals surface area contributed by atoms with Crippen LogP contribution in [0.25, 0.3) is 0 Å². The highest BCUT2D eigenvalue weighted by molar-refractivity contribution is 7.89. The Bertz CT molecular complexity index is 959. The van der Waals surface area contributed by atoms with Crippen molar-refractivity contribution in [1.82, 2.24) is 15.4 Å². The molecule has 0 aliphatic heterocycles. The summed E-state index contributed by atoms with van der Waals surface area (Å²) in [5, 5.41) is 4.55. The van der Waals surface area contributed by atoms with Gasteiger partial charge in [0, 0.05) is 13.1 Å². The number of carbonyl (C=O) groups is 3. The maximum atomic E-state index is 12.0. The predicted molar refractivity (Wildman–Crippen MR) is 104 cm³/mol. The Kier molecular flexibility index (Phi) is 7.87. The summed E-state index contributed by atoms with van der Waals surface area (Å²) in [6.07, 6.45) is 0. The van der Waals surface area contributed by atoms with Crippen molar-refractivity contribution in [3.05, 3.63) is 65.7 Å². The van der Waals surface area contributed by atoms with Crippen LogP contribution in [0, 0.1) is 0 Å². The third-order valence-corrected chi connectivity index (χ3v) is 5.18. The van der Waals surface area contributed by atoms with Crippen LogP contribution in [0.4, 0.5) is 4.79 Å². The molecule has 2 rings (SSSR count). The molecule has 2 aromatic carbocycles. The van der Waals surface area contributed by atoms with Gasteiger partial charge >= 0.3 is 12.0 Å². The number of amides is 3. The van der Waals surface area contributed by atoms with Gasteiger partial charge in [0.1, 0.15) is 0 Å². The molecule has 0 unspecified atom stereocenters. The van der Waals surface area contributed by atoms with E-state index in [-0.39, 0.29) is 23.5 Å². The molecule has 3 amide bonds. The van der Waals surface area contributed by atoms with E-state index in [1.165, 1.54) is 24.3 Å². The lowest BCUT2D eigenvalue weighted by molar-refractivity contribution is -0.123. The Morgan fingerprint density at radius 2 is 1.62 bits per heavy atom. The molecule has 0 radical (unpaired) electrons. The van der Waals surface area contributed by atoms with Gasteiger partial charge in [-0.3, -0.25) is 10.1 Å². The fourth-order valence-electron chi connectivity index (χ4n) is 2.24. The van der Waals surface area contributed by atoms with Crippen LogP contribution in [0.15, 0.2) is 59.5 Å². The number of sulfonamides is 1. The molecule has 0 bridgehead atoms. The summed E-state index contributed by atoms with van der Waals surface area (Å²) in [5.74, 6) is -1.62. The van der Waals surface area contributed by atoms with Gasteiger partial charge in [-0.25, -0.2) is 22.7 Å². The molecule has 154 valence electrons. The van der Waals surface area contributed by atoms with Gasteiger partial charge in [-0.2, -0.15) is 0 Å². The van der Waals surface area contributed by atoms with E-state index in [1.807, 2.05) is 35.6 Å². The Labute approximate surface area is 168 Å². The lowest BCUT2D eigenvalue weighted by Crippen LogP contribution is -2.41. The van der Waals surface area contributed by atoms with Crippen molar-refractivity contribution in [3.8, 4) is 0 Å². The summed E-state index contributed by atoms with van der Waals surface area (Å²) >= 11 is 0. The average Bonchev–Trinajstić information content (AvgIpc) is 2.71. The smallest absolute Gasteiger partial charge is 0.338 e. The first kappa shape index (κ1) is 22.1. The lowest BCUT2D eigenvalue weighted by atomic mass is 10.2. The number of imide groups is 1. The molecule has 0 saturated carbocycles. The summed E-state index contributed by atoms with van der Waals surface area (Å²) in [4.78, 5) is 35.4. The molecule has 0 aromatic heterocycles. The van der Waals surface area contributed by atoms with Gasteiger partial charge in [0.15, 0.2) is 6.61 Å². The molecule has 0 aliphatic carbocycles. The quantitative estimate of drug-likeness (QED) is 0.551. The van der Waals surface area contributed by atoms with Gasteiger partial charge in [-0.1, -0.05) is 37.3 Å². The van der Waals surface area contributed by atoms with Crippen molar-refractivity contribution >= 4 is 27.9 Å². The zero-order valence-electron chi connectivity index (χ0n) is 15.7. The number of ether oxygens (including phenoxy) is 1. The van der Waals surface area contributed by atoms with E-state index in [1.54, 1.807) is 6.92 Å². The van der Waals surface area contributed by atoms with Gasteiger partial charge in [-0.15, -0.1) is 0 Å². The van der Waals surface area contributed by atoms with Crippen LogP contribution in [0.2, 0.25) is 0 Å². The van der Waals surface area contributed by atoms with Crippen molar-refractivity contribution in [2.75, 3.05) is 13.2 Å². The number of esters is 1. The largest absolute Gasteiger partial charge is 0.452 e. The zero-order chi connectivity index (χ0) is 21.3. The third-order valence-electron chi connectivity index (χ3n) is 3.62. The first-order chi connectivity index (χ1) is 13.8. The molecular formula is C19H21N3O6S. The van der Waals surface area contributed by atoms with Crippen LogP contribution in [0.5, 0.6) is 0 Å². The number of urea groups is 1. The highest BCUT2D eigenvalue weighted by atomic mass is 32.2. The summed E-state index contributed by atoms with van der Waals surface area (Å²) in [6.45, 7) is 1.47. The van der Waals surface area contributed by atoms with Crippen LogP contribution in [-0.4, -0.2) is 39.5 Å². The van der Waals surface area contributed by atoms with Gasteiger partial charge in [-0.05, 0) is 29.8 Å². The van der Waals surface area contributed by atoms with Crippen LogP contribution in [-0.2, 0) is 26.1 Å². The first-order valence-electron chi connectivity index (χ1n) is 8.70. The topological polar surface area (TPSA) is 131 Å². The van der Waals surface area contributed by atoms with Crippen molar-refractivity contribution in [2.24, 2.45) is 0 Å². The normalized spacial score (nSPS) is 10.8. The van der Waals surface area contributed by atoms with Crippen LogP contribution in [0.1, 0.15) is 22.8 Å². The Morgan fingerprint density at radius 1 is 0.966 bits per heavy atom. The van der Waals surface area contributed by atoms with E-state index >= 15 is 0 Å². The second kappa shape index (κ2) is 10.3. The van der Waals surface area contributed by atoms with Crippen LogP contribution in [0.3, 0.4) is 0 Å². The van der Waals surface area contributed by atoms with E-state index in [4.69, 9.17) is 4.74 Å². The number of rotatable bonds is 8. The summed E-state index contributed by atoms with van der Waals surface area (Å²) in [6, 6.07) is 13.5. The van der Waals surface area contributed by atoms with E-state index in [0.29, 0.717) is 0 Å². The number of carbonyl (C=O) groups excluding carboxylic acids is 3. The second-order valence-corrected chi connectivity index (χ2v) is 7.59. The summed E-state index contributed by atoms with van der Waals surface area (Å²) in [7, 11) is -3.63. The Hall–Kier alpha value is -3.24. The molecule has 29 heavy (non-hydrogen) atoms. The number of hydrogen-bond donors (Lipinski definition) is 3. The molecule has 0 heterocycles. The van der Waals surface area contributed by atoms with Crippen molar-refractivity contribution in [2.45, 2.75) is 18.4 Å². The fourth-order valence-corrected chi connectivity index (χ4v) is 3.28. The van der Waals surface area contributed by atoms with Crippen LogP contribution >= 0.6 is 0 Å². The maximum absolute atomic E-state index is 12.0. The minimum Gasteiger partial charge on any atom is -0.452 e. The monoisotopic (exact) mass is 419 g/mol. The maximum Gasteiger partial charge on any atom is 0.338 e. The van der Waals surface area contributed by atoms with Gasteiger partial charge in [0.2, 0.25) is 10.0 Å². The van der Waals surface area contributed by atoms with Crippen molar-refractivity contribution in [3.63, 3.8) is 0 Å². The standard InChI is InChI=1S/C19H21N3O6S/c1-2-21-29(26,27)16-10-8-15(9-11-16)18(24)28-13-17(23)22-19(25)20-12-14-6-4-3-5-7-14/h3-11,21H,2,12-13H2,1H3,(H2,20,22,23,25). The molecule has 0 saturated heterocycles. The fraction of sp³-hybridized carbons (Fsp3) is 0.211. The first-order valence-corrected chi connectivity index (χ1v) is 10.2. The molecule has 2 aromatic rings. The molecule has 10 heteroatoms. The summed E-state index contributed by atoms with van der Waals surface area (Å²) < 4.78 is 30.9. The molecular weight excluding hydrogens is 398 g/mol. The highest BCUT2D eigenvalue weighted by Crippen LogP contribution is 2.11. The third kappa shape index (κ3) is 7.01. The molecule has 3 N–H and O–H groups in total. The van der Waals surface area contributed by atoms with E-state index in [2.05, 4.69) is 10.0 Å². The SMILES string of the molecule is CCNS(=O)(=O)c1ccc(C(=O)OCC(=O)NC(=O)NCc2ccccc2)cc1. The predicted octanol–water partition coefficient (Wildman–Crippen LogP) is 1.17. The van der Waals surface area contributed by atoms with E-state index in [9.17, 15) is 22.8 Å². The molecule has 0 aliphatic rings. The number of benzene rings is 2. The zero-order valence-corrected chi connectivity index (χ0v) is 16.5.